The lowest BCUT2D eigenvalue weighted by molar-refractivity contribution is -0.122. The maximum absolute atomic E-state index is 12.6. The number of carbonyl (C=O) groups is 1. The van der Waals surface area contributed by atoms with E-state index in [1.807, 2.05) is 25.1 Å². The number of carbonyl (C=O) groups excluding carboxylic acids is 1. The molecule has 0 radical (unpaired) electrons. The van der Waals surface area contributed by atoms with Crippen LogP contribution in [0.3, 0.4) is 0 Å². The second kappa shape index (κ2) is 9.60. The maximum Gasteiger partial charge on any atom is 0.265 e. The van der Waals surface area contributed by atoms with Crippen LogP contribution in [0.2, 0.25) is 10.0 Å². The lowest BCUT2D eigenvalue weighted by Gasteiger charge is -2.16. The van der Waals surface area contributed by atoms with E-state index in [-0.39, 0.29) is 21.5 Å². The quantitative estimate of drug-likeness (QED) is 0.468. The molecule has 1 unspecified atom stereocenters. The first-order chi connectivity index (χ1) is 14.7. The minimum Gasteiger partial charge on any atom is -0.481 e. The number of rotatable bonds is 7. The normalized spacial score (nSPS) is 12.1. The first-order valence-electron chi connectivity index (χ1n) is 9.27. The van der Waals surface area contributed by atoms with Gasteiger partial charge < -0.3 is 10.1 Å². The zero-order valence-corrected chi connectivity index (χ0v) is 19.1. The predicted molar refractivity (Wildman–Crippen MR) is 124 cm³/mol. The summed E-state index contributed by atoms with van der Waals surface area (Å²) in [4.78, 5) is 12.4. The molecule has 0 heterocycles. The number of sulfonamides is 1. The average Bonchev–Trinajstić information content (AvgIpc) is 2.72. The number of anilines is 2. The molecule has 162 valence electrons. The Morgan fingerprint density at radius 3 is 2.32 bits per heavy atom. The Labute approximate surface area is 191 Å². The van der Waals surface area contributed by atoms with Crippen molar-refractivity contribution < 1.29 is 17.9 Å². The summed E-state index contributed by atoms with van der Waals surface area (Å²) in [5.41, 5.74) is 1.57. The van der Waals surface area contributed by atoms with Gasteiger partial charge in [0.1, 0.15) is 5.75 Å². The zero-order valence-electron chi connectivity index (χ0n) is 16.7. The number of hydrogen-bond donors (Lipinski definition) is 2. The molecule has 3 aromatic carbocycles. The summed E-state index contributed by atoms with van der Waals surface area (Å²) in [5, 5.41) is 3.29. The van der Waals surface area contributed by atoms with Crippen LogP contribution in [0.5, 0.6) is 5.75 Å². The van der Waals surface area contributed by atoms with Gasteiger partial charge in [0.15, 0.2) is 6.10 Å². The molecule has 0 bridgehead atoms. The third-order valence-electron chi connectivity index (χ3n) is 4.37. The minimum atomic E-state index is -3.87. The Bertz CT molecular complexity index is 1200. The lowest BCUT2D eigenvalue weighted by Crippen LogP contribution is -2.30. The monoisotopic (exact) mass is 478 g/mol. The van der Waals surface area contributed by atoms with Crippen LogP contribution in [0.15, 0.2) is 71.6 Å². The molecule has 9 heteroatoms. The SMILES string of the molecule is Cc1ccccc1OC(C)C(=O)Nc1ccc(S(=O)(=O)Nc2ccc(Cl)cc2Cl)cc1. The van der Waals surface area contributed by atoms with Gasteiger partial charge in [-0.15, -0.1) is 0 Å². The third kappa shape index (κ3) is 5.91. The Kier molecular flexibility index (Phi) is 7.10. The number of nitrogens with one attached hydrogen (secondary N) is 2. The Hall–Kier alpha value is -2.74. The fourth-order valence-electron chi connectivity index (χ4n) is 2.67. The van der Waals surface area contributed by atoms with E-state index in [2.05, 4.69) is 10.0 Å². The fraction of sp³-hybridized carbons (Fsp3) is 0.136. The van der Waals surface area contributed by atoms with Crippen LogP contribution in [-0.2, 0) is 14.8 Å². The molecule has 0 saturated heterocycles. The average molecular weight is 479 g/mol. The lowest BCUT2D eigenvalue weighted by atomic mass is 10.2. The standard InChI is InChI=1S/C22H20Cl2N2O4S/c1-14-5-3-4-6-21(14)30-15(2)22(27)25-17-8-10-18(11-9-17)31(28,29)26-20-12-7-16(23)13-19(20)24/h3-13,15,26H,1-2H3,(H,25,27). The Balaban J connectivity index is 1.66. The second-order valence-corrected chi connectivity index (χ2v) is 9.29. The molecule has 0 fully saturated rings. The zero-order chi connectivity index (χ0) is 22.6. The van der Waals surface area contributed by atoms with E-state index in [0.717, 1.165) is 5.56 Å². The van der Waals surface area contributed by atoms with Crippen LogP contribution < -0.4 is 14.8 Å². The highest BCUT2D eigenvalue weighted by molar-refractivity contribution is 7.92. The summed E-state index contributed by atoms with van der Waals surface area (Å²) in [6, 6.07) is 17.6. The summed E-state index contributed by atoms with van der Waals surface area (Å²) >= 11 is 11.9. The summed E-state index contributed by atoms with van der Waals surface area (Å²) in [6.07, 6.45) is -0.738. The molecule has 0 saturated carbocycles. The van der Waals surface area contributed by atoms with Gasteiger partial charge in [-0.1, -0.05) is 41.4 Å². The van der Waals surface area contributed by atoms with Crippen molar-refractivity contribution in [2.75, 3.05) is 10.0 Å². The molecule has 0 spiro atoms. The van der Waals surface area contributed by atoms with Crippen molar-refractivity contribution in [1.29, 1.82) is 0 Å². The Morgan fingerprint density at radius 1 is 1.00 bits per heavy atom. The molecule has 0 aromatic heterocycles. The van der Waals surface area contributed by atoms with Crippen molar-refractivity contribution in [3.63, 3.8) is 0 Å². The number of halogens is 2. The highest BCUT2D eigenvalue weighted by atomic mass is 35.5. The number of hydrogen-bond acceptors (Lipinski definition) is 4. The maximum atomic E-state index is 12.6. The summed E-state index contributed by atoms with van der Waals surface area (Å²) in [5.74, 6) is 0.267. The highest BCUT2D eigenvalue weighted by Crippen LogP contribution is 2.28. The number of para-hydroxylation sites is 1. The van der Waals surface area contributed by atoms with Crippen LogP contribution in [0.4, 0.5) is 11.4 Å². The smallest absolute Gasteiger partial charge is 0.265 e. The molecular weight excluding hydrogens is 459 g/mol. The van der Waals surface area contributed by atoms with Gasteiger partial charge in [-0.25, -0.2) is 8.42 Å². The van der Waals surface area contributed by atoms with Crippen LogP contribution >= 0.6 is 23.2 Å². The molecule has 0 aliphatic carbocycles. The molecule has 0 aliphatic heterocycles. The van der Waals surface area contributed by atoms with Crippen molar-refractivity contribution in [3.8, 4) is 5.75 Å². The van der Waals surface area contributed by atoms with E-state index < -0.39 is 16.1 Å². The van der Waals surface area contributed by atoms with E-state index in [9.17, 15) is 13.2 Å². The van der Waals surface area contributed by atoms with Crippen molar-refractivity contribution in [2.45, 2.75) is 24.8 Å². The van der Waals surface area contributed by atoms with E-state index in [1.165, 1.54) is 42.5 Å². The van der Waals surface area contributed by atoms with Crippen LogP contribution in [0, 0.1) is 6.92 Å². The van der Waals surface area contributed by atoms with Gasteiger partial charge in [-0.2, -0.15) is 0 Å². The van der Waals surface area contributed by atoms with Crippen LogP contribution in [0.1, 0.15) is 12.5 Å². The van der Waals surface area contributed by atoms with E-state index >= 15 is 0 Å². The summed E-state index contributed by atoms with van der Waals surface area (Å²) in [6.45, 7) is 3.53. The molecule has 6 nitrogen and oxygen atoms in total. The molecule has 1 amide bonds. The van der Waals surface area contributed by atoms with Crippen LogP contribution in [-0.4, -0.2) is 20.4 Å². The summed E-state index contributed by atoms with van der Waals surface area (Å²) in [7, 11) is -3.87. The topological polar surface area (TPSA) is 84.5 Å². The van der Waals surface area contributed by atoms with Gasteiger partial charge in [0, 0.05) is 10.7 Å². The Morgan fingerprint density at radius 2 is 1.68 bits per heavy atom. The van der Waals surface area contributed by atoms with E-state index in [1.54, 1.807) is 13.0 Å². The molecule has 3 aromatic rings. The van der Waals surface area contributed by atoms with Gasteiger partial charge in [-0.05, 0) is 67.9 Å². The number of aryl methyl sites for hydroxylation is 1. The molecule has 1 atom stereocenters. The number of ether oxygens (including phenoxy) is 1. The second-order valence-electron chi connectivity index (χ2n) is 6.77. The molecule has 3 rings (SSSR count). The van der Waals surface area contributed by atoms with Gasteiger partial charge >= 0.3 is 0 Å². The van der Waals surface area contributed by atoms with Gasteiger partial charge in [0.25, 0.3) is 15.9 Å². The first-order valence-corrected chi connectivity index (χ1v) is 11.5. The largest absolute Gasteiger partial charge is 0.481 e. The van der Waals surface area contributed by atoms with Crippen LogP contribution in [0.25, 0.3) is 0 Å². The van der Waals surface area contributed by atoms with Gasteiger partial charge in [0.2, 0.25) is 0 Å². The van der Waals surface area contributed by atoms with Gasteiger partial charge in [0.05, 0.1) is 15.6 Å². The molecule has 2 N–H and O–H groups in total. The molecule has 0 aliphatic rings. The van der Waals surface area contributed by atoms with Crippen molar-refractivity contribution in [3.05, 3.63) is 82.3 Å². The fourth-order valence-corrected chi connectivity index (χ4v) is 4.26. The van der Waals surface area contributed by atoms with Crippen molar-refractivity contribution in [2.24, 2.45) is 0 Å². The summed E-state index contributed by atoms with van der Waals surface area (Å²) < 4.78 is 33.3. The first kappa shape index (κ1) is 22.9. The third-order valence-corrected chi connectivity index (χ3v) is 6.30. The van der Waals surface area contributed by atoms with Crippen molar-refractivity contribution in [1.82, 2.24) is 0 Å². The highest BCUT2D eigenvalue weighted by Gasteiger charge is 2.18. The van der Waals surface area contributed by atoms with Gasteiger partial charge in [-0.3, -0.25) is 9.52 Å². The number of amides is 1. The molecule has 31 heavy (non-hydrogen) atoms. The predicted octanol–water partition coefficient (Wildman–Crippen LogP) is 5.51. The minimum absolute atomic E-state index is 0.0146. The van der Waals surface area contributed by atoms with E-state index in [0.29, 0.717) is 16.5 Å². The van der Waals surface area contributed by atoms with Crippen molar-refractivity contribution >= 4 is 50.5 Å². The number of benzene rings is 3. The van der Waals surface area contributed by atoms with E-state index in [4.69, 9.17) is 27.9 Å². The molecular formula is C22H20Cl2N2O4S.